The third-order valence-corrected chi connectivity index (χ3v) is 6.78. The molecule has 1 heterocycles. The van der Waals surface area contributed by atoms with Crippen LogP contribution in [0.25, 0.3) is 11.1 Å². The number of phenols is 1. The Kier molecular flexibility index (Phi) is 6.24. The second-order valence-electron chi connectivity index (χ2n) is 9.00. The molecule has 0 bridgehead atoms. The fourth-order valence-electron chi connectivity index (χ4n) is 4.98. The number of nitrogens with one attached hydrogen (secondary N) is 2. The molecule has 5 N–H and O–H groups in total. The number of amides is 1. The maximum Gasteiger partial charge on any atom is 0.238 e. The molecule has 0 saturated carbocycles. The summed E-state index contributed by atoms with van der Waals surface area (Å²) in [6.45, 7) is 1.69. The lowest BCUT2D eigenvalue weighted by atomic mass is 10.0. The van der Waals surface area contributed by atoms with Crippen LogP contribution in [-0.4, -0.2) is 51.8 Å². The topological polar surface area (TPSA) is 105 Å². The molecule has 3 aromatic carbocycles. The maximum absolute atomic E-state index is 12.7. The molecule has 1 saturated heterocycles. The van der Waals surface area contributed by atoms with Gasteiger partial charge in [0.25, 0.3) is 0 Å². The van der Waals surface area contributed by atoms with Crippen LogP contribution in [0.15, 0.2) is 60.7 Å². The van der Waals surface area contributed by atoms with E-state index in [1.807, 2.05) is 42.5 Å². The van der Waals surface area contributed by atoms with Gasteiger partial charge in [-0.3, -0.25) is 9.69 Å². The minimum absolute atomic E-state index is 0.0681. The van der Waals surface area contributed by atoms with E-state index in [1.165, 1.54) is 0 Å². The van der Waals surface area contributed by atoms with E-state index in [-0.39, 0.29) is 24.3 Å². The number of carbonyl (C=O) groups excluding carboxylic acids is 1. The zero-order valence-electron chi connectivity index (χ0n) is 18.9. The number of aliphatic hydroxyl groups is 2. The van der Waals surface area contributed by atoms with Gasteiger partial charge in [0.2, 0.25) is 5.91 Å². The van der Waals surface area contributed by atoms with E-state index in [1.54, 1.807) is 18.2 Å². The quantitative estimate of drug-likeness (QED) is 0.362. The number of likely N-dealkylation sites (tertiary alicyclic amines) is 1. The molecule has 7 heteroatoms. The number of hydrogen-bond donors (Lipinski definition) is 5. The Morgan fingerprint density at radius 3 is 2.53 bits per heavy atom. The van der Waals surface area contributed by atoms with E-state index in [0.717, 1.165) is 53.9 Å². The molecule has 0 aromatic heterocycles. The summed E-state index contributed by atoms with van der Waals surface area (Å²) in [7, 11) is 0. The van der Waals surface area contributed by atoms with Gasteiger partial charge in [0.15, 0.2) is 0 Å². The molecule has 3 aromatic rings. The largest absolute Gasteiger partial charge is 0.506 e. The van der Waals surface area contributed by atoms with Crippen LogP contribution < -0.4 is 10.6 Å². The number of fused-ring (bicyclic) bond motifs is 3. The Labute approximate surface area is 198 Å². The smallest absolute Gasteiger partial charge is 0.238 e. The fourth-order valence-corrected chi connectivity index (χ4v) is 4.98. The SMILES string of the molecule is O=C(CN1CCC(Nc2c(O)cccc2CO)CC1)Nc1ccc2c(c1)-c1ccccc1C2O. The van der Waals surface area contributed by atoms with Crippen molar-refractivity contribution in [2.24, 2.45) is 0 Å². The van der Waals surface area contributed by atoms with Crippen molar-refractivity contribution in [3.8, 4) is 16.9 Å². The molecule has 7 nitrogen and oxygen atoms in total. The lowest BCUT2D eigenvalue weighted by Gasteiger charge is -2.33. The number of hydrogen-bond acceptors (Lipinski definition) is 6. The number of rotatable bonds is 6. The number of aromatic hydroxyl groups is 1. The average molecular weight is 460 g/mol. The maximum atomic E-state index is 12.7. The Balaban J connectivity index is 1.16. The first kappa shape index (κ1) is 22.4. The van der Waals surface area contributed by atoms with Crippen LogP contribution in [0.1, 0.15) is 35.6 Å². The first-order valence-electron chi connectivity index (χ1n) is 11.6. The number of para-hydroxylation sites is 1. The molecular formula is C27H29N3O4. The van der Waals surface area contributed by atoms with Crippen molar-refractivity contribution in [1.29, 1.82) is 0 Å². The van der Waals surface area contributed by atoms with Crippen LogP contribution in [0, 0.1) is 0 Å². The van der Waals surface area contributed by atoms with Gasteiger partial charge in [-0.15, -0.1) is 0 Å². The molecule has 34 heavy (non-hydrogen) atoms. The number of benzene rings is 3. The molecule has 0 radical (unpaired) electrons. The van der Waals surface area contributed by atoms with Crippen molar-refractivity contribution in [3.63, 3.8) is 0 Å². The van der Waals surface area contributed by atoms with Crippen LogP contribution in [0.5, 0.6) is 5.75 Å². The second kappa shape index (κ2) is 9.46. The van der Waals surface area contributed by atoms with Crippen LogP contribution in [0.3, 0.4) is 0 Å². The molecule has 0 spiro atoms. The van der Waals surface area contributed by atoms with E-state index < -0.39 is 6.10 Å². The molecule has 1 unspecified atom stereocenters. The summed E-state index contributed by atoms with van der Waals surface area (Å²) in [5.41, 5.74) is 5.70. The first-order valence-corrected chi connectivity index (χ1v) is 11.6. The highest BCUT2D eigenvalue weighted by atomic mass is 16.3. The lowest BCUT2D eigenvalue weighted by Crippen LogP contribution is -2.42. The summed E-state index contributed by atoms with van der Waals surface area (Å²) in [4.78, 5) is 14.8. The van der Waals surface area contributed by atoms with Crippen molar-refractivity contribution in [1.82, 2.24) is 4.90 Å². The predicted octanol–water partition coefficient (Wildman–Crippen LogP) is 3.46. The number of phenolic OH excluding ortho intramolecular Hbond substituents is 1. The normalized spacial score (nSPS) is 17.8. The van der Waals surface area contributed by atoms with Gasteiger partial charge in [-0.1, -0.05) is 42.5 Å². The highest BCUT2D eigenvalue weighted by Crippen LogP contribution is 2.44. The molecule has 2 aliphatic rings. The van der Waals surface area contributed by atoms with E-state index in [9.17, 15) is 20.1 Å². The molecule has 1 atom stereocenters. The number of aliphatic hydroxyl groups excluding tert-OH is 2. The molecule has 1 fully saturated rings. The van der Waals surface area contributed by atoms with Crippen LogP contribution in [-0.2, 0) is 11.4 Å². The van der Waals surface area contributed by atoms with E-state index in [0.29, 0.717) is 17.8 Å². The number of nitrogens with zero attached hydrogens (tertiary/aromatic N) is 1. The van der Waals surface area contributed by atoms with Gasteiger partial charge in [0, 0.05) is 30.4 Å². The zero-order valence-corrected chi connectivity index (χ0v) is 18.9. The number of anilines is 2. The summed E-state index contributed by atoms with van der Waals surface area (Å²) >= 11 is 0. The Morgan fingerprint density at radius 2 is 1.74 bits per heavy atom. The fraction of sp³-hybridized carbons (Fsp3) is 0.296. The Hall–Kier alpha value is -3.39. The standard InChI is InChI=1S/C27H29N3O4/c31-16-17-4-3-7-24(32)26(17)29-18-10-12-30(13-11-18)15-25(33)28-19-8-9-22-23(14-19)20-5-1-2-6-21(20)27(22)34/h1-9,14,18,27,29,31-32,34H,10-13,15-16H2,(H,28,33). The Morgan fingerprint density at radius 1 is 0.971 bits per heavy atom. The molecule has 5 rings (SSSR count). The minimum Gasteiger partial charge on any atom is -0.506 e. The molecule has 1 aliphatic carbocycles. The first-order chi connectivity index (χ1) is 16.5. The van der Waals surface area contributed by atoms with Gasteiger partial charge in [0.05, 0.1) is 18.8 Å². The van der Waals surface area contributed by atoms with E-state index >= 15 is 0 Å². The number of carbonyl (C=O) groups is 1. The van der Waals surface area contributed by atoms with Gasteiger partial charge >= 0.3 is 0 Å². The molecule has 1 amide bonds. The zero-order chi connectivity index (χ0) is 23.7. The molecular weight excluding hydrogens is 430 g/mol. The third kappa shape index (κ3) is 4.37. The molecule has 1 aliphatic heterocycles. The van der Waals surface area contributed by atoms with Gasteiger partial charge in [-0.05, 0) is 53.3 Å². The summed E-state index contributed by atoms with van der Waals surface area (Å²) in [6.07, 6.45) is 1.04. The van der Waals surface area contributed by atoms with Crippen LogP contribution >= 0.6 is 0 Å². The lowest BCUT2D eigenvalue weighted by molar-refractivity contribution is -0.117. The van der Waals surface area contributed by atoms with Crippen molar-refractivity contribution in [2.75, 3.05) is 30.3 Å². The predicted molar refractivity (Wildman–Crippen MR) is 132 cm³/mol. The van der Waals surface area contributed by atoms with Crippen molar-refractivity contribution >= 4 is 17.3 Å². The monoisotopic (exact) mass is 459 g/mol. The van der Waals surface area contributed by atoms with E-state index in [2.05, 4.69) is 15.5 Å². The van der Waals surface area contributed by atoms with Crippen molar-refractivity contribution < 1.29 is 20.1 Å². The summed E-state index contributed by atoms with van der Waals surface area (Å²) < 4.78 is 0. The molecule has 176 valence electrons. The van der Waals surface area contributed by atoms with Crippen LogP contribution in [0.4, 0.5) is 11.4 Å². The van der Waals surface area contributed by atoms with Crippen molar-refractivity contribution in [2.45, 2.75) is 31.6 Å². The van der Waals surface area contributed by atoms with Gasteiger partial charge in [-0.25, -0.2) is 0 Å². The highest BCUT2D eigenvalue weighted by Gasteiger charge is 2.27. The summed E-state index contributed by atoms with van der Waals surface area (Å²) in [5.74, 6) is 0.0688. The van der Waals surface area contributed by atoms with Crippen LogP contribution in [0.2, 0.25) is 0 Å². The summed E-state index contributed by atoms with van der Waals surface area (Å²) in [5, 5.41) is 36.6. The van der Waals surface area contributed by atoms with Crippen molar-refractivity contribution in [3.05, 3.63) is 77.4 Å². The average Bonchev–Trinajstić information content (AvgIpc) is 3.13. The van der Waals surface area contributed by atoms with Gasteiger partial charge in [0.1, 0.15) is 11.9 Å². The Bertz CT molecular complexity index is 1200. The summed E-state index contributed by atoms with van der Waals surface area (Å²) in [6, 6.07) is 18.7. The van der Waals surface area contributed by atoms with Gasteiger partial charge < -0.3 is 26.0 Å². The van der Waals surface area contributed by atoms with E-state index in [4.69, 9.17) is 0 Å². The number of piperidine rings is 1. The van der Waals surface area contributed by atoms with Gasteiger partial charge in [-0.2, -0.15) is 0 Å². The highest BCUT2D eigenvalue weighted by molar-refractivity contribution is 5.93. The third-order valence-electron chi connectivity index (χ3n) is 6.78. The second-order valence-corrected chi connectivity index (χ2v) is 9.00. The minimum atomic E-state index is -0.628.